The topological polar surface area (TPSA) is 35.5 Å². The molecule has 0 aliphatic carbocycles. The lowest BCUT2D eigenvalue weighted by atomic mass is 10.0. The Morgan fingerprint density at radius 1 is 0.774 bits per heavy atom. The Kier molecular flexibility index (Phi) is 7.66. The number of aryl methyl sites for hydroxylation is 3. The second kappa shape index (κ2) is 10.6. The van der Waals surface area contributed by atoms with E-state index in [0.29, 0.717) is 11.5 Å². The molecule has 0 aromatic heterocycles. The molecule has 0 amide bonds. The normalized spacial score (nSPS) is 11.0. The van der Waals surface area contributed by atoms with E-state index >= 15 is 0 Å². The van der Waals surface area contributed by atoms with Gasteiger partial charge in [0.05, 0.1) is 7.11 Å². The van der Waals surface area contributed by atoms with Crippen molar-refractivity contribution in [1.29, 1.82) is 0 Å². The van der Waals surface area contributed by atoms with Crippen LogP contribution in [0.4, 0.5) is 0 Å². The predicted molar refractivity (Wildman–Crippen MR) is 128 cm³/mol. The van der Waals surface area contributed by atoms with Crippen molar-refractivity contribution in [2.75, 3.05) is 7.11 Å². The summed E-state index contributed by atoms with van der Waals surface area (Å²) in [6, 6.07) is 20.5. The van der Waals surface area contributed by atoms with Crippen LogP contribution in [0.15, 0.2) is 66.7 Å². The average molecular weight is 415 g/mol. The van der Waals surface area contributed by atoms with Crippen molar-refractivity contribution in [3.8, 4) is 22.6 Å². The average Bonchev–Trinajstić information content (AvgIpc) is 2.82. The van der Waals surface area contributed by atoms with Crippen LogP contribution in [-0.2, 0) is 24.1 Å². The molecular formula is C28H30O3. The number of methoxy groups -OCH3 is 1. The smallest absolute Gasteiger partial charge is 0.336 e. The van der Waals surface area contributed by atoms with E-state index in [4.69, 9.17) is 9.47 Å². The summed E-state index contributed by atoms with van der Waals surface area (Å²) in [7, 11) is 1.64. The van der Waals surface area contributed by atoms with Crippen molar-refractivity contribution in [2.24, 2.45) is 0 Å². The summed E-state index contributed by atoms with van der Waals surface area (Å²) in [6.07, 6.45) is 6.00. The van der Waals surface area contributed by atoms with Crippen LogP contribution in [0.2, 0.25) is 0 Å². The monoisotopic (exact) mass is 414 g/mol. The Hall–Kier alpha value is -3.33. The summed E-state index contributed by atoms with van der Waals surface area (Å²) in [6.45, 7) is 6.33. The highest BCUT2D eigenvalue weighted by molar-refractivity contribution is 5.89. The fourth-order valence-electron chi connectivity index (χ4n) is 3.47. The molecule has 3 aromatic carbocycles. The minimum Gasteiger partial charge on any atom is -0.496 e. The van der Waals surface area contributed by atoms with E-state index in [1.165, 1.54) is 11.6 Å². The molecule has 0 fully saturated rings. The van der Waals surface area contributed by atoms with E-state index in [1.807, 2.05) is 30.3 Å². The van der Waals surface area contributed by atoms with Gasteiger partial charge >= 0.3 is 5.97 Å². The third kappa shape index (κ3) is 5.85. The van der Waals surface area contributed by atoms with Gasteiger partial charge in [-0.2, -0.15) is 0 Å². The zero-order valence-electron chi connectivity index (χ0n) is 18.8. The number of ether oxygens (including phenoxy) is 2. The first-order valence-electron chi connectivity index (χ1n) is 10.9. The Bertz CT molecular complexity index is 1040. The van der Waals surface area contributed by atoms with Crippen LogP contribution in [0.5, 0.6) is 11.5 Å². The maximum Gasteiger partial charge on any atom is 0.336 e. The SMILES string of the molecule is CCc1ccc(-c2ccc(/C=C/C(=O)Oc3cc(CC)cc(CC)c3)c(OC)c2)cc1. The quantitative estimate of drug-likeness (QED) is 0.235. The maximum atomic E-state index is 12.4. The summed E-state index contributed by atoms with van der Waals surface area (Å²) in [5, 5.41) is 0. The molecule has 0 radical (unpaired) electrons. The minimum absolute atomic E-state index is 0.406. The summed E-state index contributed by atoms with van der Waals surface area (Å²) >= 11 is 0. The molecule has 160 valence electrons. The van der Waals surface area contributed by atoms with E-state index in [2.05, 4.69) is 51.1 Å². The first-order chi connectivity index (χ1) is 15.1. The standard InChI is InChI=1S/C28H30O3/c1-5-20-8-10-23(11-9-20)25-13-12-24(27(19-25)30-4)14-15-28(29)31-26-17-21(6-2)16-22(7-3)18-26/h8-19H,5-7H2,1-4H3/b15-14+. The molecule has 0 heterocycles. The second-order valence-electron chi connectivity index (χ2n) is 7.45. The van der Waals surface area contributed by atoms with Gasteiger partial charge in [-0.15, -0.1) is 0 Å². The third-order valence-corrected chi connectivity index (χ3v) is 5.39. The third-order valence-electron chi connectivity index (χ3n) is 5.39. The number of carbonyl (C=O) groups excluding carboxylic acids is 1. The van der Waals surface area contributed by atoms with Crippen LogP contribution in [-0.4, -0.2) is 13.1 Å². The highest BCUT2D eigenvalue weighted by Crippen LogP contribution is 2.28. The molecule has 0 aliphatic rings. The van der Waals surface area contributed by atoms with Gasteiger partial charge in [-0.3, -0.25) is 0 Å². The van der Waals surface area contributed by atoms with Gasteiger partial charge in [0.15, 0.2) is 0 Å². The largest absolute Gasteiger partial charge is 0.496 e. The lowest BCUT2D eigenvalue weighted by molar-refractivity contribution is -0.128. The fraction of sp³-hybridized carbons (Fsp3) is 0.250. The molecule has 0 unspecified atom stereocenters. The molecule has 0 bridgehead atoms. The van der Waals surface area contributed by atoms with Gasteiger partial charge in [-0.25, -0.2) is 4.79 Å². The lowest BCUT2D eigenvalue weighted by Crippen LogP contribution is -2.04. The van der Waals surface area contributed by atoms with Crippen molar-refractivity contribution in [2.45, 2.75) is 40.0 Å². The minimum atomic E-state index is -0.406. The molecule has 0 N–H and O–H groups in total. The highest BCUT2D eigenvalue weighted by atomic mass is 16.5. The van der Waals surface area contributed by atoms with Gasteiger partial charge in [-0.05, 0) is 71.4 Å². The molecule has 3 nitrogen and oxygen atoms in total. The number of benzene rings is 3. The summed E-state index contributed by atoms with van der Waals surface area (Å²) in [5.74, 6) is 0.891. The predicted octanol–water partition coefficient (Wildman–Crippen LogP) is 6.67. The van der Waals surface area contributed by atoms with E-state index < -0.39 is 5.97 Å². The van der Waals surface area contributed by atoms with Crippen LogP contribution in [0.1, 0.15) is 43.0 Å². The van der Waals surface area contributed by atoms with E-state index in [9.17, 15) is 4.79 Å². The van der Waals surface area contributed by atoms with Crippen LogP contribution in [0.25, 0.3) is 17.2 Å². The molecule has 0 saturated heterocycles. The van der Waals surface area contributed by atoms with E-state index in [0.717, 1.165) is 47.1 Å². The van der Waals surface area contributed by atoms with Crippen molar-refractivity contribution in [3.63, 3.8) is 0 Å². The van der Waals surface area contributed by atoms with E-state index in [-0.39, 0.29) is 0 Å². The van der Waals surface area contributed by atoms with Crippen molar-refractivity contribution in [3.05, 3.63) is 89.0 Å². The second-order valence-corrected chi connectivity index (χ2v) is 7.45. The summed E-state index contributed by atoms with van der Waals surface area (Å²) in [5.41, 5.74) is 6.66. The van der Waals surface area contributed by atoms with Crippen molar-refractivity contribution < 1.29 is 14.3 Å². The number of hydrogen-bond donors (Lipinski definition) is 0. The van der Waals surface area contributed by atoms with Crippen LogP contribution in [0.3, 0.4) is 0 Å². The Morgan fingerprint density at radius 2 is 1.39 bits per heavy atom. The first-order valence-corrected chi connectivity index (χ1v) is 10.9. The number of carbonyl (C=O) groups is 1. The zero-order chi connectivity index (χ0) is 22.2. The van der Waals surface area contributed by atoms with Crippen LogP contribution < -0.4 is 9.47 Å². The summed E-state index contributed by atoms with van der Waals surface area (Å²) < 4.78 is 11.1. The first kappa shape index (κ1) is 22.4. The van der Waals surface area contributed by atoms with Gasteiger partial charge in [0.25, 0.3) is 0 Å². The van der Waals surface area contributed by atoms with Gasteiger partial charge in [0, 0.05) is 11.6 Å². The van der Waals surface area contributed by atoms with Gasteiger partial charge in [-0.1, -0.05) is 63.2 Å². The van der Waals surface area contributed by atoms with Gasteiger partial charge in [0.2, 0.25) is 0 Å². The zero-order valence-corrected chi connectivity index (χ0v) is 18.8. The van der Waals surface area contributed by atoms with Crippen molar-refractivity contribution >= 4 is 12.0 Å². The maximum absolute atomic E-state index is 12.4. The molecule has 0 atom stereocenters. The molecule has 3 heteroatoms. The molecule has 31 heavy (non-hydrogen) atoms. The summed E-state index contributed by atoms with van der Waals surface area (Å²) in [4.78, 5) is 12.4. The van der Waals surface area contributed by atoms with Gasteiger partial charge in [0.1, 0.15) is 11.5 Å². The molecular weight excluding hydrogens is 384 g/mol. The number of hydrogen-bond acceptors (Lipinski definition) is 3. The molecule has 3 rings (SSSR count). The molecule has 0 aliphatic heterocycles. The lowest BCUT2D eigenvalue weighted by Gasteiger charge is -2.09. The Labute approximate surface area is 185 Å². The van der Waals surface area contributed by atoms with Crippen molar-refractivity contribution in [1.82, 2.24) is 0 Å². The Morgan fingerprint density at radius 3 is 1.97 bits per heavy atom. The number of esters is 1. The molecule has 0 saturated carbocycles. The van der Waals surface area contributed by atoms with Crippen LogP contribution in [0, 0.1) is 0 Å². The number of rotatable bonds is 8. The Balaban J connectivity index is 1.76. The molecule has 3 aromatic rings. The van der Waals surface area contributed by atoms with Crippen LogP contribution >= 0.6 is 0 Å². The fourth-order valence-corrected chi connectivity index (χ4v) is 3.47. The highest BCUT2D eigenvalue weighted by Gasteiger charge is 2.07. The van der Waals surface area contributed by atoms with Gasteiger partial charge < -0.3 is 9.47 Å². The molecule has 0 spiro atoms. The van der Waals surface area contributed by atoms with E-state index in [1.54, 1.807) is 13.2 Å².